The van der Waals surface area contributed by atoms with Crippen LogP contribution in [0.15, 0.2) is 54.6 Å². The molecule has 1 fully saturated rings. The number of carbonyl (C=O) groups excluding carboxylic acids is 1. The van der Waals surface area contributed by atoms with Crippen molar-refractivity contribution < 1.29 is 38.1 Å². The molecule has 3 N–H and O–H groups in total. The molecule has 0 unspecified atom stereocenters. The van der Waals surface area contributed by atoms with Crippen LogP contribution >= 0.6 is 0 Å². The number of aromatic carboxylic acids is 1. The Labute approximate surface area is 222 Å². The van der Waals surface area contributed by atoms with Crippen LogP contribution in [0.1, 0.15) is 35.3 Å². The molecule has 1 aliphatic carbocycles. The van der Waals surface area contributed by atoms with E-state index in [1.54, 1.807) is 22.8 Å². The minimum Gasteiger partial charge on any atom is -0.504 e. The van der Waals surface area contributed by atoms with E-state index in [2.05, 4.69) is 5.32 Å². The molecule has 4 aromatic rings. The summed E-state index contributed by atoms with van der Waals surface area (Å²) in [7, 11) is 2.80. The molecule has 1 aliphatic rings. The molecule has 10 heteroatoms. The summed E-state index contributed by atoms with van der Waals surface area (Å²) in [5.74, 6) is -3.11. The lowest BCUT2D eigenvalue weighted by Gasteiger charge is -2.43. The van der Waals surface area contributed by atoms with Crippen LogP contribution in [0.4, 0.5) is 13.6 Å². The number of fused-ring (bicyclic) bond motifs is 1. The summed E-state index contributed by atoms with van der Waals surface area (Å²) in [5.41, 5.74) is 1.84. The summed E-state index contributed by atoms with van der Waals surface area (Å²) < 4.78 is 41.8. The number of benzene rings is 3. The molecule has 8 nitrogen and oxygen atoms in total. The summed E-state index contributed by atoms with van der Waals surface area (Å²) in [6.45, 7) is -0.00915. The number of methoxy groups -OCH3 is 1. The zero-order valence-electron chi connectivity index (χ0n) is 21.3. The zero-order chi connectivity index (χ0) is 27.9. The molecular formula is C29H26F2N2O6. The fourth-order valence-corrected chi connectivity index (χ4v) is 5.29. The number of carboxylic acid groups (broad SMARTS) is 1. The highest BCUT2D eigenvalue weighted by Crippen LogP contribution is 2.53. The van der Waals surface area contributed by atoms with Gasteiger partial charge >= 0.3 is 12.1 Å². The molecule has 1 aromatic heterocycles. The van der Waals surface area contributed by atoms with E-state index in [4.69, 9.17) is 9.47 Å². The fourth-order valence-electron chi connectivity index (χ4n) is 5.29. The quantitative estimate of drug-likeness (QED) is 0.277. The number of nitrogens with zero attached hydrogens (tertiary/aromatic N) is 1. The van der Waals surface area contributed by atoms with Gasteiger partial charge in [0.15, 0.2) is 23.1 Å². The van der Waals surface area contributed by atoms with Gasteiger partial charge in [-0.2, -0.15) is 0 Å². The Hall–Kier alpha value is -4.60. The van der Waals surface area contributed by atoms with Gasteiger partial charge in [-0.1, -0.05) is 18.6 Å². The third-order valence-electron chi connectivity index (χ3n) is 7.37. The van der Waals surface area contributed by atoms with Crippen molar-refractivity contribution in [1.82, 2.24) is 9.88 Å². The number of rotatable bonds is 7. The van der Waals surface area contributed by atoms with Crippen LogP contribution < -0.4 is 10.1 Å². The second kappa shape index (κ2) is 9.94. The third-order valence-corrected chi connectivity index (χ3v) is 7.37. The maximum Gasteiger partial charge on any atom is 0.406 e. The molecule has 202 valence electrons. The Kier molecular flexibility index (Phi) is 6.63. The van der Waals surface area contributed by atoms with Crippen molar-refractivity contribution >= 4 is 23.0 Å². The number of phenols is 1. The van der Waals surface area contributed by atoms with Crippen molar-refractivity contribution in [3.8, 4) is 28.3 Å². The predicted octanol–water partition coefficient (Wildman–Crippen LogP) is 5.77. The number of ether oxygens (including phenoxy) is 2. The Balaban J connectivity index is 1.89. The summed E-state index contributed by atoms with van der Waals surface area (Å²) in [5, 5.41) is 23.1. The van der Waals surface area contributed by atoms with Gasteiger partial charge in [0, 0.05) is 35.5 Å². The van der Waals surface area contributed by atoms with E-state index >= 15 is 0 Å². The largest absolute Gasteiger partial charge is 0.504 e. The van der Waals surface area contributed by atoms with Gasteiger partial charge in [-0.05, 0) is 54.8 Å². The zero-order valence-corrected chi connectivity index (χ0v) is 21.3. The average Bonchev–Trinajstić information content (AvgIpc) is 3.26. The normalized spacial score (nSPS) is 14.1. The van der Waals surface area contributed by atoms with E-state index < -0.39 is 34.9 Å². The van der Waals surface area contributed by atoms with Gasteiger partial charge in [0.05, 0.1) is 23.6 Å². The Morgan fingerprint density at radius 2 is 1.74 bits per heavy atom. The summed E-state index contributed by atoms with van der Waals surface area (Å²) in [6.07, 6.45) is 1.43. The van der Waals surface area contributed by atoms with Crippen molar-refractivity contribution in [1.29, 1.82) is 0 Å². The van der Waals surface area contributed by atoms with Gasteiger partial charge in [-0.15, -0.1) is 0 Å². The number of halogens is 2. The van der Waals surface area contributed by atoms with Gasteiger partial charge < -0.3 is 29.6 Å². The SMILES string of the molecule is CNC(=O)OCC1(c2c(-c3ccc(C(=O)O)cc3)c3c(O)c(F)ccc3n2-c2ccc(F)c(OC)c2)CCC1. The molecule has 1 amide bonds. The number of phenolic OH excluding ortho intramolecular Hbond substituents is 1. The number of amides is 1. The molecular weight excluding hydrogens is 510 g/mol. The first-order valence-corrected chi connectivity index (χ1v) is 12.3. The third kappa shape index (κ3) is 4.31. The minimum absolute atomic E-state index is 0.00915. The second-order valence-electron chi connectivity index (χ2n) is 9.51. The van der Waals surface area contributed by atoms with E-state index in [1.165, 1.54) is 44.5 Å². The van der Waals surface area contributed by atoms with Crippen molar-refractivity contribution in [3.63, 3.8) is 0 Å². The van der Waals surface area contributed by atoms with E-state index in [-0.39, 0.29) is 23.3 Å². The van der Waals surface area contributed by atoms with E-state index in [1.807, 2.05) is 0 Å². The highest BCUT2D eigenvalue weighted by Gasteiger charge is 2.46. The summed E-state index contributed by atoms with van der Waals surface area (Å²) >= 11 is 0. The Morgan fingerprint density at radius 1 is 1.05 bits per heavy atom. The van der Waals surface area contributed by atoms with Crippen LogP contribution in [0, 0.1) is 11.6 Å². The molecule has 1 heterocycles. The lowest BCUT2D eigenvalue weighted by molar-refractivity contribution is 0.0696. The molecule has 0 spiro atoms. The van der Waals surface area contributed by atoms with E-state index in [0.29, 0.717) is 40.9 Å². The number of hydrogen-bond donors (Lipinski definition) is 3. The van der Waals surface area contributed by atoms with Gasteiger partial charge in [-0.25, -0.2) is 18.4 Å². The molecule has 3 aromatic carbocycles. The van der Waals surface area contributed by atoms with Crippen molar-refractivity contribution in [3.05, 3.63) is 77.5 Å². The van der Waals surface area contributed by atoms with Crippen LogP contribution in [-0.2, 0) is 10.2 Å². The number of hydrogen-bond acceptors (Lipinski definition) is 5. The van der Waals surface area contributed by atoms with Gasteiger partial charge in [0.25, 0.3) is 0 Å². The van der Waals surface area contributed by atoms with Crippen LogP contribution in [0.3, 0.4) is 0 Å². The van der Waals surface area contributed by atoms with Crippen LogP contribution in [0.2, 0.25) is 0 Å². The Bertz CT molecular complexity index is 1590. The molecule has 0 saturated heterocycles. The monoisotopic (exact) mass is 536 g/mol. The predicted molar refractivity (Wildman–Crippen MR) is 140 cm³/mol. The van der Waals surface area contributed by atoms with Crippen molar-refractivity contribution in [2.24, 2.45) is 0 Å². The lowest BCUT2D eigenvalue weighted by Crippen LogP contribution is -2.42. The van der Waals surface area contributed by atoms with Crippen molar-refractivity contribution in [2.75, 3.05) is 20.8 Å². The maximum absolute atomic E-state index is 14.8. The van der Waals surface area contributed by atoms with Crippen LogP contribution in [0.5, 0.6) is 11.5 Å². The van der Waals surface area contributed by atoms with Crippen LogP contribution in [0.25, 0.3) is 27.7 Å². The van der Waals surface area contributed by atoms with Crippen molar-refractivity contribution in [2.45, 2.75) is 24.7 Å². The van der Waals surface area contributed by atoms with Gasteiger partial charge in [0.2, 0.25) is 0 Å². The lowest BCUT2D eigenvalue weighted by atomic mass is 9.65. The smallest absolute Gasteiger partial charge is 0.406 e. The number of aromatic nitrogens is 1. The molecule has 1 saturated carbocycles. The molecule has 0 aliphatic heterocycles. The topological polar surface area (TPSA) is 110 Å². The summed E-state index contributed by atoms with van der Waals surface area (Å²) in [6, 6.07) is 13.0. The Morgan fingerprint density at radius 3 is 2.33 bits per heavy atom. The maximum atomic E-state index is 14.8. The minimum atomic E-state index is -1.11. The molecule has 5 rings (SSSR count). The first-order chi connectivity index (χ1) is 18.7. The first-order valence-electron chi connectivity index (χ1n) is 12.3. The van der Waals surface area contributed by atoms with Gasteiger partial charge in [-0.3, -0.25) is 0 Å². The number of carboxylic acids is 1. The highest BCUT2D eigenvalue weighted by atomic mass is 19.1. The summed E-state index contributed by atoms with van der Waals surface area (Å²) in [4.78, 5) is 23.6. The molecule has 0 bridgehead atoms. The van der Waals surface area contributed by atoms with E-state index in [9.17, 15) is 28.6 Å². The average molecular weight is 537 g/mol. The van der Waals surface area contributed by atoms with Gasteiger partial charge in [0.1, 0.15) is 6.61 Å². The first kappa shape index (κ1) is 26.0. The van der Waals surface area contributed by atoms with Crippen LogP contribution in [-0.4, -0.2) is 47.6 Å². The number of nitrogens with one attached hydrogen (secondary N) is 1. The second-order valence-corrected chi connectivity index (χ2v) is 9.51. The molecule has 0 radical (unpaired) electrons. The fraction of sp³-hybridized carbons (Fsp3) is 0.241. The number of alkyl carbamates (subject to hydrolysis) is 1. The number of aromatic hydroxyl groups is 1. The highest BCUT2D eigenvalue weighted by molar-refractivity contribution is 6.04. The van der Waals surface area contributed by atoms with E-state index in [0.717, 1.165) is 12.5 Å². The molecule has 0 atom stereocenters. The standard InChI is InChI=1S/C29H26F2N2O6/c1-32-28(37)39-15-29(12-3-13-29)26-23(16-4-6-17(7-5-16)27(35)36)24-21(11-10-20(31)25(24)34)33(26)18-8-9-19(30)22(14-18)38-2/h4-11,14,34H,3,12-13,15H2,1-2H3,(H,32,37)(H,35,36). The number of carbonyl (C=O) groups is 2. The molecule has 39 heavy (non-hydrogen) atoms.